The highest BCUT2D eigenvalue weighted by molar-refractivity contribution is 6.08. The number of fused-ring (bicyclic) bond motifs is 3. The molecule has 0 aliphatic carbocycles. The molecule has 1 aliphatic rings. The number of phenolic OH excluding ortho intramolecular Hbond substituents is 1. The largest absolute Gasteiger partial charge is 0.506 e. The molecule has 0 radical (unpaired) electrons. The molecule has 1 heterocycles. The Bertz CT molecular complexity index is 912. The van der Waals surface area contributed by atoms with Gasteiger partial charge in [0, 0.05) is 12.5 Å². The molecule has 2 amide bonds. The van der Waals surface area contributed by atoms with Crippen LogP contribution in [0.2, 0.25) is 0 Å². The van der Waals surface area contributed by atoms with E-state index in [1.807, 2.05) is 39.0 Å². The average Bonchev–Trinajstić information content (AvgIpc) is 2.44. The number of aryl methyl sites for hydroxylation is 2. The first-order valence-corrected chi connectivity index (χ1v) is 8.11. The van der Waals surface area contributed by atoms with E-state index in [0.29, 0.717) is 16.9 Å². The number of nitrogens with one attached hydrogen (secondary N) is 1. The number of rotatable bonds is 1. The monoisotopic (exact) mass is 339 g/mol. The van der Waals surface area contributed by atoms with Crippen LogP contribution in [0.15, 0.2) is 24.3 Å². The van der Waals surface area contributed by atoms with Gasteiger partial charge in [0.05, 0.1) is 11.1 Å². The van der Waals surface area contributed by atoms with Crippen molar-refractivity contribution in [1.82, 2.24) is 5.32 Å². The van der Waals surface area contributed by atoms with Gasteiger partial charge in [0.1, 0.15) is 17.1 Å². The molecular formula is C20H21NO4. The van der Waals surface area contributed by atoms with Crippen LogP contribution in [-0.4, -0.2) is 16.9 Å². The number of imide groups is 1. The zero-order valence-electron chi connectivity index (χ0n) is 15.0. The van der Waals surface area contributed by atoms with Gasteiger partial charge < -0.3 is 9.84 Å². The van der Waals surface area contributed by atoms with Crippen LogP contribution in [0, 0.1) is 13.8 Å². The maximum atomic E-state index is 12.4. The van der Waals surface area contributed by atoms with Gasteiger partial charge in [0.15, 0.2) is 0 Å². The van der Waals surface area contributed by atoms with Crippen LogP contribution in [0.5, 0.6) is 11.5 Å². The second kappa shape index (κ2) is 5.62. The Morgan fingerprint density at radius 2 is 1.84 bits per heavy atom. The van der Waals surface area contributed by atoms with Gasteiger partial charge >= 0.3 is 0 Å². The Hall–Kier alpha value is -2.82. The molecule has 1 aliphatic heterocycles. The summed E-state index contributed by atoms with van der Waals surface area (Å²) in [6.07, 6.45) is 0. The summed E-state index contributed by atoms with van der Waals surface area (Å²) in [5.41, 5.74) is 3.36. The molecular weight excluding hydrogens is 318 g/mol. The summed E-state index contributed by atoms with van der Waals surface area (Å²) in [5.74, 6) is -0.743. The van der Waals surface area contributed by atoms with Gasteiger partial charge in [-0.25, -0.2) is 0 Å². The molecule has 5 nitrogen and oxygen atoms in total. The van der Waals surface area contributed by atoms with Crippen LogP contribution in [0.25, 0.3) is 11.1 Å². The third-order valence-corrected chi connectivity index (χ3v) is 4.44. The van der Waals surface area contributed by atoms with Crippen molar-refractivity contribution in [3.63, 3.8) is 0 Å². The van der Waals surface area contributed by atoms with E-state index < -0.39 is 17.4 Å². The molecule has 5 heteroatoms. The zero-order chi connectivity index (χ0) is 18.5. The molecule has 0 spiro atoms. The van der Waals surface area contributed by atoms with E-state index in [4.69, 9.17) is 4.74 Å². The topological polar surface area (TPSA) is 75.6 Å². The summed E-state index contributed by atoms with van der Waals surface area (Å²) < 4.78 is 6.10. The van der Waals surface area contributed by atoms with Crippen LogP contribution >= 0.6 is 0 Å². The molecule has 130 valence electrons. The number of carbonyl (C=O) groups is 2. The summed E-state index contributed by atoms with van der Waals surface area (Å²) in [6.45, 7) is 8.86. The van der Waals surface area contributed by atoms with Gasteiger partial charge in [0.25, 0.3) is 5.91 Å². The van der Waals surface area contributed by atoms with E-state index in [-0.39, 0.29) is 11.3 Å². The molecule has 0 saturated carbocycles. The minimum Gasteiger partial charge on any atom is -0.506 e. The van der Waals surface area contributed by atoms with Crippen molar-refractivity contribution in [2.24, 2.45) is 0 Å². The number of carbonyl (C=O) groups excluding carboxylic acids is 2. The molecule has 0 bridgehead atoms. The SMILES string of the molecule is CC(=O)NC(=O)c1c(C)cc2c(c1O)-c1cc(C)ccc1C(C)(C)O2. The number of hydrogen-bond donors (Lipinski definition) is 2. The van der Waals surface area contributed by atoms with Crippen LogP contribution < -0.4 is 10.1 Å². The van der Waals surface area contributed by atoms with E-state index in [1.54, 1.807) is 13.0 Å². The number of amides is 2. The molecule has 2 N–H and O–H groups in total. The van der Waals surface area contributed by atoms with Crippen molar-refractivity contribution in [2.75, 3.05) is 0 Å². The van der Waals surface area contributed by atoms with Gasteiger partial charge in [-0.05, 0) is 44.9 Å². The van der Waals surface area contributed by atoms with Crippen molar-refractivity contribution >= 4 is 11.8 Å². The second-order valence-electron chi connectivity index (χ2n) is 6.96. The van der Waals surface area contributed by atoms with Gasteiger partial charge in [0.2, 0.25) is 5.91 Å². The van der Waals surface area contributed by atoms with Crippen molar-refractivity contribution in [2.45, 2.75) is 40.2 Å². The van der Waals surface area contributed by atoms with Crippen LogP contribution in [0.1, 0.15) is 47.8 Å². The molecule has 0 aromatic heterocycles. The maximum absolute atomic E-state index is 12.4. The Kier molecular flexibility index (Phi) is 3.82. The molecule has 2 aromatic carbocycles. The fourth-order valence-electron chi connectivity index (χ4n) is 3.34. The van der Waals surface area contributed by atoms with Crippen LogP contribution in [0.4, 0.5) is 0 Å². The first-order chi connectivity index (χ1) is 11.6. The summed E-state index contributed by atoms with van der Waals surface area (Å²) in [7, 11) is 0. The molecule has 2 aromatic rings. The van der Waals surface area contributed by atoms with Gasteiger partial charge in [-0.15, -0.1) is 0 Å². The molecule has 0 saturated heterocycles. The Morgan fingerprint density at radius 3 is 2.48 bits per heavy atom. The van der Waals surface area contributed by atoms with Crippen molar-refractivity contribution in [3.8, 4) is 22.6 Å². The third-order valence-electron chi connectivity index (χ3n) is 4.44. The molecule has 0 fully saturated rings. The first-order valence-electron chi connectivity index (χ1n) is 8.11. The Morgan fingerprint density at radius 1 is 1.16 bits per heavy atom. The summed E-state index contributed by atoms with van der Waals surface area (Å²) in [5, 5.41) is 13.1. The maximum Gasteiger partial charge on any atom is 0.261 e. The fourth-order valence-corrected chi connectivity index (χ4v) is 3.34. The quantitative estimate of drug-likeness (QED) is 0.833. The predicted molar refractivity (Wildman–Crippen MR) is 94.8 cm³/mol. The highest BCUT2D eigenvalue weighted by Gasteiger charge is 2.36. The van der Waals surface area contributed by atoms with Crippen LogP contribution in [-0.2, 0) is 10.4 Å². The zero-order valence-corrected chi connectivity index (χ0v) is 15.0. The summed E-state index contributed by atoms with van der Waals surface area (Å²) in [6, 6.07) is 7.67. The molecule has 25 heavy (non-hydrogen) atoms. The predicted octanol–water partition coefficient (Wildman–Crippen LogP) is 3.58. The highest BCUT2D eigenvalue weighted by atomic mass is 16.5. The lowest BCUT2D eigenvalue weighted by atomic mass is 9.83. The number of aromatic hydroxyl groups is 1. The van der Waals surface area contributed by atoms with E-state index >= 15 is 0 Å². The number of hydrogen-bond acceptors (Lipinski definition) is 4. The lowest BCUT2D eigenvalue weighted by Crippen LogP contribution is -2.31. The summed E-state index contributed by atoms with van der Waals surface area (Å²) >= 11 is 0. The van der Waals surface area contributed by atoms with Crippen molar-refractivity contribution in [3.05, 3.63) is 46.5 Å². The smallest absolute Gasteiger partial charge is 0.261 e. The highest BCUT2D eigenvalue weighted by Crippen LogP contribution is 2.51. The van der Waals surface area contributed by atoms with Crippen molar-refractivity contribution in [1.29, 1.82) is 0 Å². The third kappa shape index (κ3) is 2.76. The molecule has 0 atom stereocenters. The van der Waals surface area contributed by atoms with Gasteiger partial charge in [-0.3, -0.25) is 14.9 Å². The number of benzene rings is 2. The first kappa shape index (κ1) is 17.0. The lowest BCUT2D eigenvalue weighted by molar-refractivity contribution is -0.118. The number of ether oxygens (including phenoxy) is 1. The van der Waals surface area contributed by atoms with E-state index in [9.17, 15) is 14.7 Å². The number of phenols is 1. The minimum absolute atomic E-state index is 0.0877. The normalized spacial score (nSPS) is 14.1. The molecule has 0 unspecified atom stereocenters. The lowest BCUT2D eigenvalue weighted by Gasteiger charge is -2.36. The average molecular weight is 339 g/mol. The van der Waals surface area contributed by atoms with Gasteiger partial charge in [-0.1, -0.05) is 23.8 Å². The van der Waals surface area contributed by atoms with E-state index in [1.165, 1.54) is 6.92 Å². The minimum atomic E-state index is -0.621. The Balaban J connectivity index is 2.30. The Labute approximate surface area is 146 Å². The van der Waals surface area contributed by atoms with Gasteiger partial charge in [-0.2, -0.15) is 0 Å². The second-order valence-corrected chi connectivity index (χ2v) is 6.96. The fraction of sp³-hybridized carbons (Fsp3) is 0.300. The van der Waals surface area contributed by atoms with Crippen molar-refractivity contribution < 1.29 is 19.4 Å². The molecule has 3 rings (SSSR count). The standard InChI is InChI=1S/C20H21NO4/c1-10-6-7-14-13(8-10)17-15(25-20(14,4)5)9-11(2)16(18(17)23)19(24)21-12(3)22/h6-9,23H,1-5H3,(H,21,22,24). The van der Waals surface area contributed by atoms with E-state index in [0.717, 1.165) is 16.7 Å². The summed E-state index contributed by atoms with van der Waals surface area (Å²) in [4.78, 5) is 23.6. The van der Waals surface area contributed by atoms with Crippen LogP contribution in [0.3, 0.4) is 0 Å². The van der Waals surface area contributed by atoms with E-state index in [2.05, 4.69) is 5.32 Å².